The molecule has 1 heterocycles. The van der Waals surface area contributed by atoms with Crippen LogP contribution in [0.25, 0.3) is 0 Å². The highest BCUT2D eigenvalue weighted by Crippen LogP contribution is 2.16. The molecule has 7 heteroatoms. The molecular weight excluding hydrogens is 332 g/mol. The number of aliphatic hydroxyl groups is 2. The Kier molecular flexibility index (Phi) is 10.7. The third-order valence-electron chi connectivity index (χ3n) is 4.36. The van der Waals surface area contributed by atoms with Gasteiger partial charge in [0.05, 0.1) is 18.4 Å². The molecule has 2 atom stereocenters. The Morgan fingerprint density at radius 1 is 1.00 bits per heavy atom. The van der Waals surface area contributed by atoms with Gasteiger partial charge in [0.2, 0.25) is 0 Å². The van der Waals surface area contributed by atoms with Crippen molar-refractivity contribution in [2.45, 2.75) is 39.5 Å². The van der Waals surface area contributed by atoms with Gasteiger partial charge < -0.3 is 20.2 Å². The van der Waals surface area contributed by atoms with E-state index >= 15 is 0 Å². The number of hydrogen-bond acceptors (Lipinski definition) is 7. The normalized spacial score (nSPS) is 14.3. The number of likely N-dealkylation sites (N-methyl/N-ethyl adjacent to an activating group) is 2. The number of aliphatic hydroxyl groups excluding tert-OH is 2. The lowest BCUT2D eigenvalue weighted by Crippen LogP contribution is -2.42. The topological polar surface area (TPSA) is 83.3 Å². The molecule has 1 aromatic rings. The summed E-state index contributed by atoms with van der Waals surface area (Å²) in [6.07, 6.45) is 2.45. The van der Waals surface area contributed by atoms with Crippen molar-refractivity contribution in [3.63, 3.8) is 0 Å². The minimum Gasteiger partial charge on any atom is -0.506 e. The molecule has 0 unspecified atom stereocenters. The summed E-state index contributed by atoms with van der Waals surface area (Å²) in [6, 6.07) is 1.84. The maximum atomic E-state index is 9.91. The van der Waals surface area contributed by atoms with Crippen LogP contribution in [0, 0.1) is 0 Å². The van der Waals surface area contributed by atoms with Gasteiger partial charge >= 0.3 is 0 Å². The highest BCUT2D eigenvalue weighted by Gasteiger charge is 2.13. The van der Waals surface area contributed by atoms with Gasteiger partial charge in [0, 0.05) is 57.6 Å². The average Bonchev–Trinajstić information content (AvgIpc) is 2.56. The maximum absolute atomic E-state index is 9.91. The Bertz CT molecular complexity index is 499. The summed E-state index contributed by atoms with van der Waals surface area (Å²) in [4.78, 5) is 10.5. The van der Waals surface area contributed by atoms with Crippen LogP contribution in [0.15, 0.2) is 18.5 Å². The quantitative estimate of drug-likeness (QED) is 0.470. The van der Waals surface area contributed by atoms with E-state index in [1.54, 1.807) is 20.0 Å². The highest BCUT2D eigenvalue weighted by molar-refractivity contribution is 5.27. The first-order chi connectivity index (χ1) is 12.3. The predicted octanol–water partition coefficient (Wildman–Crippen LogP) is 0.605. The van der Waals surface area contributed by atoms with Crippen LogP contribution in [0.2, 0.25) is 0 Å². The summed E-state index contributed by atoms with van der Waals surface area (Å²) in [7, 11) is 2.00. The van der Waals surface area contributed by atoms with Gasteiger partial charge in [-0.3, -0.25) is 14.8 Å². The molecule has 150 valence electrons. The number of rotatable bonds is 13. The molecule has 3 N–H and O–H groups in total. The third-order valence-corrected chi connectivity index (χ3v) is 4.36. The zero-order chi connectivity index (χ0) is 19.5. The first kappa shape index (κ1) is 22.8. The Morgan fingerprint density at radius 3 is 2.19 bits per heavy atom. The fraction of sp³-hybridized carbons (Fsp3) is 0.737. The molecule has 0 aromatic carbocycles. The van der Waals surface area contributed by atoms with Gasteiger partial charge in [-0.05, 0) is 33.5 Å². The SMILES string of the molecule is CCN(CCN(CCN(C)C[C@H](C)O)C[C@H](C)O)Cc1ccncc1O. The second-order valence-electron chi connectivity index (χ2n) is 7.13. The fourth-order valence-corrected chi connectivity index (χ4v) is 2.94. The number of aromatic hydroxyl groups is 1. The molecule has 0 saturated carbocycles. The summed E-state index contributed by atoms with van der Waals surface area (Å²) in [6.45, 7) is 11.9. The summed E-state index contributed by atoms with van der Waals surface area (Å²) in [5, 5.41) is 29.2. The van der Waals surface area contributed by atoms with Gasteiger partial charge in [-0.25, -0.2) is 0 Å². The lowest BCUT2D eigenvalue weighted by Gasteiger charge is -2.29. The van der Waals surface area contributed by atoms with Gasteiger partial charge in [0.1, 0.15) is 5.75 Å². The van der Waals surface area contributed by atoms with Crippen molar-refractivity contribution >= 4 is 0 Å². The monoisotopic (exact) mass is 368 g/mol. The van der Waals surface area contributed by atoms with Crippen molar-refractivity contribution in [1.29, 1.82) is 0 Å². The van der Waals surface area contributed by atoms with Crippen LogP contribution in [0.3, 0.4) is 0 Å². The van der Waals surface area contributed by atoms with E-state index in [1.807, 2.05) is 13.1 Å². The molecule has 0 saturated heterocycles. The van der Waals surface area contributed by atoms with E-state index in [9.17, 15) is 15.3 Å². The molecule has 0 aliphatic rings. The molecular formula is C19H36N4O3. The second-order valence-corrected chi connectivity index (χ2v) is 7.13. The highest BCUT2D eigenvalue weighted by atomic mass is 16.3. The molecule has 0 radical (unpaired) electrons. The largest absolute Gasteiger partial charge is 0.506 e. The van der Waals surface area contributed by atoms with Gasteiger partial charge in [-0.2, -0.15) is 0 Å². The lowest BCUT2D eigenvalue weighted by atomic mass is 10.2. The number of nitrogens with zero attached hydrogens (tertiary/aromatic N) is 4. The van der Waals surface area contributed by atoms with E-state index in [-0.39, 0.29) is 18.0 Å². The van der Waals surface area contributed by atoms with Crippen molar-refractivity contribution in [3.8, 4) is 5.75 Å². The van der Waals surface area contributed by atoms with E-state index in [0.29, 0.717) is 19.6 Å². The van der Waals surface area contributed by atoms with E-state index in [4.69, 9.17) is 0 Å². The summed E-state index contributed by atoms with van der Waals surface area (Å²) in [5.74, 6) is 0.228. The molecule has 0 bridgehead atoms. The number of pyridine rings is 1. The molecule has 26 heavy (non-hydrogen) atoms. The lowest BCUT2D eigenvalue weighted by molar-refractivity contribution is 0.0977. The zero-order valence-corrected chi connectivity index (χ0v) is 16.7. The third kappa shape index (κ3) is 9.45. The van der Waals surface area contributed by atoms with Crippen molar-refractivity contribution in [3.05, 3.63) is 24.0 Å². The summed E-state index contributed by atoms with van der Waals surface area (Å²) >= 11 is 0. The summed E-state index contributed by atoms with van der Waals surface area (Å²) < 4.78 is 0. The van der Waals surface area contributed by atoms with E-state index in [0.717, 1.165) is 38.3 Å². The number of aromatic nitrogens is 1. The van der Waals surface area contributed by atoms with Crippen LogP contribution in [-0.2, 0) is 6.54 Å². The minimum absolute atomic E-state index is 0.228. The van der Waals surface area contributed by atoms with E-state index in [2.05, 4.69) is 26.6 Å². The standard InChI is InChI=1S/C19H36N4O3/c1-5-22(15-18-6-7-20-12-19(18)26)10-11-23(14-17(3)25)9-8-21(4)13-16(2)24/h6-7,12,16-17,24-26H,5,8-11,13-15H2,1-4H3/t16-,17-/m0/s1. The van der Waals surface area contributed by atoms with Crippen molar-refractivity contribution in [1.82, 2.24) is 19.7 Å². The Morgan fingerprint density at radius 2 is 1.62 bits per heavy atom. The van der Waals surface area contributed by atoms with Crippen LogP contribution < -0.4 is 0 Å². The summed E-state index contributed by atoms with van der Waals surface area (Å²) in [5.41, 5.74) is 0.876. The molecule has 0 amide bonds. The molecule has 0 spiro atoms. The second kappa shape index (κ2) is 12.2. The van der Waals surface area contributed by atoms with Crippen LogP contribution >= 0.6 is 0 Å². The smallest absolute Gasteiger partial charge is 0.138 e. The van der Waals surface area contributed by atoms with Crippen molar-refractivity contribution in [2.24, 2.45) is 0 Å². The Labute approximate surface area is 157 Å². The fourth-order valence-electron chi connectivity index (χ4n) is 2.94. The first-order valence-electron chi connectivity index (χ1n) is 9.43. The Hall–Kier alpha value is -1.25. The minimum atomic E-state index is -0.378. The van der Waals surface area contributed by atoms with E-state index < -0.39 is 0 Å². The van der Waals surface area contributed by atoms with Crippen LogP contribution in [-0.4, -0.2) is 100 Å². The molecule has 7 nitrogen and oxygen atoms in total. The van der Waals surface area contributed by atoms with Crippen molar-refractivity contribution < 1.29 is 15.3 Å². The predicted molar refractivity (Wildman–Crippen MR) is 104 cm³/mol. The maximum Gasteiger partial charge on any atom is 0.138 e. The number of hydrogen-bond donors (Lipinski definition) is 3. The van der Waals surface area contributed by atoms with Gasteiger partial charge in [0.25, 0.3) is 0 Å². The molecule has 0 aliphatic carbocycles. The van der Waals surface area contributed by atoms with E-state index in [1.165, 1.54) is 6.20 Å². The molecule has 1 rings (SSSR count). The zero-order valence-electron chi connectivity index (χ0n) is 16.7. The van der Waals surface area contributed by atoms with Crippen molar-refractivity contribution in [2.75, 3.05) is 52.9 Å². The first-order valence-corrected chi connectivity index (χ1v) is 9.43. The van der Waals surface area contributed by atoms with Gasteiger partial charge in [-0.15, -0.1) is 0 Å². The van der Waals surface area contributed by atoms with Crippen LogP contribution in [0.1, 0.15) is 26.3 Å². The molecule has 1 aromatic heterocycles. The van der Waals surface area contributed by atoms with Gasteiger partial charge in [-0.1, -0.05) is 6.92 Å². The molecule has 0 aliphatic heterocycles. The molecule has 0 fully saturated rings. The van der Waals surface area contributed by atoms with Crippen LogP contribution in [0.5, 0.6) is 5.75 Å². The van der Waals surface area contributed by atoms with Gasteiger partial charge in [0.15, 0.2) is 0 Å². The average molecular weight is 369 g/mol. The van der Waals surface area contributed by atoms with Crippen LogP contribution in [0.4, 0.5) is 0 Å². The Balaban J connectivity index is 2.53.